The lowest BCUT2D eigenvalue weighted by atomic mass is 10.2. The zero-order valence-electron chi connectivity index (χ0n) is 14.5. The largest absolute Gasteiger partial charge is 0.457 e. The summed E-state index contributed by atoms with van der Waals surface area (Å²) in [7, 11) is -3.87. The highest BCUT2D eigenvalue weighted by atomic mass is 35.5. The molecule has 150 valence electrons. The minimum absolute atomic E-state index is 0.188. The summed E-state index contributed by atoms with van der Waals surface area (Å²) < 4.78 is 51.0. The first-order valence-electron chi connectivity index (χ1n) is 8.27. The van der Waals surface area contributed by atoms with Crippen molar-refractivity contribution in [3.05, 3.63) is 63.4 Å². The maximum absolute atomic E-state index is 14.1. The van der Waals surface area contributed by atoms with Gasteiger partial charge in [-0.2, -0.15) is 4.31 Å². The van der Waals surface area contributed by atoms with Gasteiger partial charge in [-0.05, 0) is 30.3 Å². The number of morpholine rings is 1. The Morgan fingerprint density at radius 3 is 2.54 bits per heavy atom. The van der Waals surface area contributed by atoms with E-state index in [1.807, 2.05) is 0 Å². The Hall–Kier alpha value is -1.71. The van der Waals surface area contributed by atoms with Gasteiger partial charge in [0.05, 0.1) is 23.7 Å². The predicted octanol–water partition coefficient (Wildman–Crippen LogP) is 3.51. The first-order chi connectivity index (χ1) is 13.3. The van der Waals surface area contributed by atoms with E-state index in [4.69, 9.17) is 32.7 Å². The second kappa shape index (κ2) is 8.75. The Kier molecular flexibility index (Phi) is 6.57. The van der Waals surface area contributed by atoms with E-state index in [1.54, 1.807) is 12.1 Å². The Morgan fingerprint density at radius 1 is 1.14 bits per heavy atom. The Bertz CT molecular complexity index is 993. The molecule has 0 aromatic heterocycles. The number of benzene rings is 2. The number of halogens is 3. The number of hydrogen-bond donors (Lipinski definition) is 0. The van der Waals surface area contributed by atoms with Gasteiger partial charge in [-0.1, -0.05) is 29.3 Å². The third-order valence-corrected chi connectivity index (χ3v) is 6.62. The highest BCUT2D eigenvalue weighted by Crippen LogP contribution is 2.24. The number of carbonyl (C=O) groups excluding carboxylic acids is 1. The SMILES string of the molecule is O=C(OCc1ccc(Cl)cc1Cl)c1cc(S(=O)(=O)N2CCOCC2)ccc1F. The van der Waals surface area contributed by atoms with Gasteiger partial charge in [-0.15, -0.1) is 0 Å². The average Bonchev–Trinajstić information content (AvgIpc) is 2.68. The van der Waals surface area contributed by atoms with Crippen LogP contribution >= 0.6 is 23.2 Å². The number of ether oxygens (including phenoxy) is 2. The van der Waals surface area contributed by atoms with E-state index in [2.05, 4.69) is 0 Å². The highest BCUT2D eigenvalue weighted by molar-refractivity contribution is 7.89. The molecule has 0 amide bonds. The molecule has 0 radical (unpaired) electrons. The van der Waals surface area contributed by atoms with Gasteiger partial charge < -0.3 is 9.47 Å². The van der Waals surface area contributed by atoms with Gasteiger partial charge in [0.2, 0.25) is 10.0 Å². The highest BCUT2D eigenvalue weighted by Gasteiger charge is 2.28. The number of hydrogen-bond acceptors (Lipinski definition) is 5. The number of carbonyl (C=O) groups is 1. The summed E-state index contributed by atoms with van der Waals surface area (Å²) in [5.41, 5.74) is 0.0105. The number of sulfonamides is 1. The molecule has 0 unspecified atom stereocenters. The first kappa shape index (κ1) is 21.0. The van der Waals surface area contributed by atoms with Crippen LogP contribution in [0.2, 0.25) is 10.0 Å². The number of esters is 1. The van der Waals surface area contributed by atoms with Gasteiger partial charge >= 0.3 is 5.97 Å². The quantitative estimate of drug-likeness (QED) is 0.655. The Balaban J connectivity index is 1.79. The van der Waals surface area contributed by atoms with E-state index in [0.29, 0.717) is 15.6 Å². The minimum atomic E-state index is -3.87. The van der Waals surface area contributed by atoms with Crippen LogP contribution in [-0.4, -0.2) is 45.0 Å². The molecule has 0 atom stereocenters. The summed E-state index contributed by atoms with van der Waals surface area (Å²) >= 11 is 11.8. The summed E-state index contributed by atoms with van der Waals surface area (Å²) in [6.45, 7) is 0.714. The Labute approximate surface area is 171 Å². The molecule has 10 heteroatoms. The van der Waals surface area contributed by atoms with Crippen molar-refractivity contribution in [2.75, 3.05) is 26.3 Å². The average molecular weight is 448 g/mol. The fourth-order valence-electron chi connectivity index (χ4n) is 2.62. The van der Waals surface area contributed by atoms with Gasteiger partial charge in [0.1, 0.15) is 12.4 Å². The van der Waals surface area contributed by atoms with Crippen molar-refractivity contribution in [3.8, 4) is 0 Å². The van der Waals surface area contributed by atoms with Crippen molar-refractivity contribution in [1.29, 1.82) is 0 Å². The second-order valence-corrected chi connectivity index (χ2v) is 8.75. The van der Waals surface area contributed by atoms with Gasteiger partial charge in [0, 0.05) is 28.7 Å². The monoisotopic (exact) mass is 447 g/mol. The zero-order valence-corrected chi connectivity index (χ0v) is 16.9. The molecule has 1 saturated heterocycles. The molecule has 2 aromatic carbocycles. The predicted molar refractivity (Wildman–Crippen MR) is 102 cm³/mol. The van der Waals surface area contributed by atoms with E-state index in [0.717, 1.165) is 18.2 Å². The first-order valence-corrected chi connectivity index (χ1v) is 10.5. The van der Waals surface area contributed by atoms with Crippen LogP contribution < -0.4 is 0 Å². The summed E-state index contributed by atoms with van der Waals surface area (Å²) in [5, 5.41) is 0.719. The van der Waals surface area contributed by atoms with Gasteiger partial charge in [-0.25, -0.2) is 17.6 Å². The zero-order chi connectivity index (χ0) is 20.3. The molecule has 0 N–H and O–H groups in total. The van der Waals surface area contributed by atoms with Crippen molar-refractivity contribution in [2.45, 2.75) is 11.5 Å². The lowest BCUT2D eigenvalue weighted by molar-refractivity contribution is 0.0467. The summed E-state index contributed by atoms with van der Waals surface area (Å²) in [4.78, 5) is 12.1. The van der Waals surface area contributed by atoms with Crippen molar-refractivity contribution >= 4 is 39.2 Å². The molecule has 6 nitrogen and oxygen atoms in total. The van der Waals surface area contributed by atoms with Crippen LogP contribution in [-0.2, 0) is 26.1 Å². The standard InChI is InChI=1S/C18H16Cl2FNO5S/c19-13-2-1-12(16(20)9-13)11-27-18(23)15-10-14(3-4-17(15)21)28(24,25)22-5-7-26-8-6-22/h1-4,9-10H,5-8,11H2. The van der Waals surface area contributed by atoms with Crippen LogP contribution in [0.1, 0.15) is 15.9 Å². The second-order valence-electron chi connectivity index (χ2n) is 5.97. The van der Waals surface area contributed by atoms with Crippen molar-refractivity contribution in [2.24, 2.45) is 0 Å². The molecular formula is C18H16Cl2FNO5S. The molecule has 0 bridgehead atoms. The molecule has 3 rings (SSSR count). The van der Waals surface area contributed by atoms with E-state index in [-0.39, 0.29) is 37.8 Å². The molecule has 0 saturated carbocycles. The summed E-state index contributed by atoms with van der Waals surface area (Å²) in [6.07, 6.45) is 0. The van der Waals surface area contributed by atoms with Crippen LogP contribution in [0.15, 0.2) is 41.3 Å². The van der Waals surface area contributed by atoms with Crippen LogP contribution in [0.25, 0.3) is 0 Å². The normalized spacial score (nSPS) is 15.4. The third kappa shape index (κ3) is 4.64. The molecule has 0 aliphatic carbocycles. The lowest BCUT2D eigenvalue weighted by Gasteiger charge is -2.26. The molecule has 1 fully saturated rings. The van der Waals surface area contributed by atoms with Crippen LogP contribution in [0, 0.1) is 5.82 Å². The number of rotatable bonds is 5. The van der Waals surface area contributed by atoms with Crippen molar-refractivity contribution in [3.63, 3.8) is 0 Å². The van der Waals surface area contributed by atoms with E-state index in [1.165, 1.54) is 10.4 Å². The van der Waals surface area contributed by atoms with Gasteiger partial charge in [-0.3, -0.25) is 0 Å². The van der Waals surface area contributed by atoms with Crippen LogP contribution in [0.3, 0.4) is 0 Å². The molecular weight excluding hydrogens is 432 g/mol. The smallest absolute Gasteiger partial charge is 0.341 e. The fraction of sp³-hybridized carbons (Fsp3) is 0.278. The Morgan fingerprint density at radius 2 is 1.86 bits per heavy atom. The topological polar surface area (TPSA) is 72.9 Å². The maximum atomic E-state index is 14.1. The minimum Gasteiger partial charge on any atom is -0.457 e. The summed E-state index contributed by atoms with van der Waals surface area (Å²) in [6, 6.07) is 7.67. The van der Waals surface area contributed by atoms with E-state index in [9.17, 15) is 17.6 Å². The van der Waals surface area contributed by atoms with E-state index >= 15 is 0 Å². The van der Waals surface area contributed by atoms with E-state index < -0.39 is 27.4 Å². The molecule has 1 aliphatic rings. The number of nitrogens with zero attached hydrogens (tertiary/aromatic N) is 1. The molecule has 1 heterocycles. The van der Waals surface area contributed by atoms with Crippen molar-refractivity contribution < 1.29 is 27.1 Å². The van der Waals surface area contributed by atoms with Crippen LogP contribution in [0.5, 0.6) is 0 Å². The van der Waals surface area contributed by atoms with Gasteiger partial charge in [0.15, 0.2) is 0 Å². The molecule has 1 aliphatic heterocycles. The molecule has 2 aromatic rings. The lowest BCUT2D eigenvalue weighted by Crippen LogP contribution is -2.40. The molecule has 28 heavy (non-hydrogen) atoms. The molecule has 0 spiro atoms. The van der Waals surface area contributed by atoms with Crippen molar-refractivity contribution in [1.82, 2.24) is 4.31 Å². The van der Waals surface area contributed by atoms with Crippen LogP contribution in [0.4, 0.5) is 4.39 Å². The summed E-state index contributed by atoms with van der Waals surface area (Å²) in [5.74, 6) is -1.88. The van der Waals surface area contributed by atoms with Gasteiger partial charge in [0.25, 0.3) is 0 Å². The third-order valence-electron chi connectivity index (χ3n) is 4.14. The fourth-order valence-corrected chi connectivity index (χ4v) is 4.51. The maximum Gasteiger partial charge on any atom is 0.341 e.